The van der Waals surface area contributed by atoms with Crippen LogP contribution in [0.3, 0.4) is 0 Å². The molecule has 1 aliphatic heterocycles. The van der Waals surface area contributed by atoms with E-state index in [2.05, 4.69) is 5.32 Å². The first-order valence-corrected chi connectivity index (χ1v) is 6.62. The van der Waals surface area contributed by atoms with E-state index in [1.807, 2.05) is 19.1 Å². The average Bonchev–Trinajstić information content (AvgIpc) is 2.42. The summed E-state index contributed by atoms with van der Waals surface area (Å²) in [6.07, 6.45) is 0.719. The van der Waals surface area contributed by atoms with Crippen molar-refractivity contribution >= 4 is 17.7 Å². The highest BCUT2D eigenvalue weighted by Gasteiger charge is 2.43. The molecule has 1 N–H and O–H groups in total. The molecule has 0 aliphatic carbocycles. The lowest BCUT2D eigenvalue weighted by Gasteiger charge is -2.40. The predicted octanol–water partition coefficient (Wildman–Crippen LogP) is 1.13. The molecule has 1 heterocycles. The number of hydrogen-bond donors (Lipinski definition) is 1. The molecular formula is C15H18N2O3. The fraction of sp³-hybridized carbons (Fsp3) is 0.400. The number of aryl methyl sites for hydroxylation is 1. The van der Waals surface area contributed by atoms with E-state index in [0.29, 0.717) is 5.56 Å². The molecule has 106 valence electrons. The predicted molar refractivity (Wildman–Crippen MR) is 74.1 cm³/mol. The van der Waals surface area contributed by atoms with Gasteiger partial charge in [0.05, 0.1) is 0 Å². The van der Waals surface area contributed by atoms with Gasteiger partial charge >= 0.3 is 0 Å². The third kappa shape index (κ3) is 2.31. The second-order valence-electron chi connectivity index (χ2n) is 5.34. The number of hydrogen-bond acceptors (Lipinski definition) is 3. The molecule has 0 bridgehead atoms. The zero-order valence-corrected chi connectivity index (χ0v) is 11.9. The molecular weight excluding hydrogens is 256 g/mol. The van der Waals surface area contributed by atoms with E-state index in [0.717, 1.165) is 12.0 Å². The fourth-order valence-electron chi connectivity index (χ4n) is 2.29. The highest BCUT2D eigenvalue weighted by atomic mass is 16.2. The number of nitrogens with zero attached hydrogens (tertiary/aromatic N) is 1. The average molecular weight is 274 g/mol. The third-order valence-electron chi connectivity index (χ3n) is 3.66. The molecule has 1 saturated heterocycles. The Balaban J connectivity index is 2.41. The number of nitrogens with one attached hydrogen (secondary N) is 1. The Kier molecular flexibility index (Phi) is 3.61. The maximum atomic E-state index is 12.7. The Bertz CT molecular complexity index is 578. The molecule has 0 aromatic heterocycles. The molecule has 3 amide bonds. The van der Waals surface area contributed by atoms with Crippen molar-refractivity contribution in [3.8, 4) is 0 Å². The lowest BCUT2D eigenvalue weighted by atomic mass is 9.95. The SMILES string of the molecule is CCc1ccccc1C(=O)N1CC(=O)NC(=O)C1(C)C. The van der Waals surface area contributed by atoms with Crippen molar-refractivity contribution in [2.45, 2.75) is 32.7 Å². The first kappa shape index (κ1) is 14.2. The molecule has 1 aliphatic rings. The van der Waals surface area contributed by atoms with Gasteiger partial charge in [0.25, 0.3) is 11.8 Å². The summed E-state index contributed by atoms with van der Waals surface area (Å²) in [6, 6.07) is 7.26. The van der Waals surface area contributed by atoms with Crippen LogP contribution < -0.4 is 5.32 Å². The maximum Gasteiger partial charge on any atom is 0.255 e. The number of rotatable bonds is 2. The molecule has 0 atom stereocenters. The van der Waals surface area contributed by atoms with E-state index in [-0.39, 0.29) is 12.5 Å². The number of carbonyl (C=O) groups is 3. The lowest BCUT2D eigenvalue weighted by molar-refractivity contribution is -0.143. The summed E-state index contributed by atoms with van der Waals surface area (Å²) in [5, 5.41) is 2.26. The summed E-state index contributed by atoms with van der Waals surface area (Å²) in [4.78, 5) is 37.5. The van der Waals surface area contributed by atoms with Gasteiger partial charge in [-0.05, 0) is 31.9 Å². The van der Waals surface area contributed by atoms with Gasteiger partial charge < -0.3 is 4.90 Å². The van der Waals surface area contributed by atoms with Crippen LogP contribution in [-0.2, 0) is 16.0 Å². The standard InChI is InChI=1S/C15H18N2O3/c1-4-10-7-5-6-8-11(10)13(19)17-9-12(18)16-14(20)15(17,2)3/h5-8H,4,9H2,1-3H3,(H,16,18,20). The van der Waals surface area contributed by atoms with E-state index < -0.39 is 17.4 Å². The van der Waals surface area contributed by atoms with Crippen LogP contribution in [0.2, 0.25) is 0 Å². The fourth-order valence-corrected chi connectivity index (χ4v) is 2.29. The summed E-state index contributed by atoms with van der Waals surface area (Å²) in [5.74, 6) is -1.18. The zero-order chi connectivity index (χ0) is 14.9. The highest BCUT2D eigenvalue weighted by molar-refractivity contribution is 6.09. The molecule has 5 heteroatoms. The molecule has 5 nitrogen and oxygen atoms in total. The summed E-state index contributed by atoms with van der Waals surface area (Å²) < 4.78 is 0. The Hall–Kier alpha value is -2.17. The molecule has 0 unspecified atom stereocenters. The second kappa shape index (κ2) is 5.07. The Morgan fingerprint density at radius 2 is 1.95 bits per heavy atom. The van der Waals surface area contributed by atoms with E-state index in [9.17, 15) is 14.4 Å². The molecule has 0 radical (unpaired) electrons. The molecule has 1 fully saturated rings. The van der Waals surface area contributed by atoms with Gasteiger partial charge in [0.1, 0.15) is 12.1 Å². The number of benzene rings is 1. The van der Waals surface area contributed by atoms with Crippen molar-refractivity contribution in [3.63, 3.8) is 0 Å². The van der Waals surface area contributed by atoms with Crippen LogP contribution in [-0.4, -0.2) is 34.7 Å². The minimum Gasteiger partial charge on any atom is -0.315 e. The minimum atomic E-state index is -1.04. The normalized spacial score (nSPS) is 17.9. The Morgan fingerprint density at radius 3 is 2.60 bits per heavy atom. The van der Waals surface area contributed by atoms with E-state index in [4.69, 9.17) is 0 Å². The maximum absolute atomic E-state index is 12.7. The van der Waals surface area contributed by atoms with Crippen LogP contribution in [0.15, 0.2) is 24.3 Å². The van der Waals surface area contributed by atoms with Crippen molar-refractivity contribution in [1.29, 1.82) is 0 Å². The quantitative estimate of drug-likeness (QED) is 0.822. The van der Waals surface area contributed by atoms with Crippen molar-refractivity contribution in [3.05, 3.63) is 35.4 Å². The minimum absolute atomic E-state index is 0.102. The summed E-state index contributed by atoms with van der Waals surface area (Å²) in [6.45, 7) is 5.14. The number of amides is 3. The largest absolute Gasteiger partial charge is 0.315 e. The first-order valence-electron chi connectivity index (χ1n) is 6.62. The van der Waals surface area contributed by atoms with Gasteiger partial charge in [0.2, 0.25) is 5.91 Å². The van der Waals surface area contributed by atoms with Crippen LogP contribution in [0.5, 0.6) is 0 Å². The Morgan fingerprint density at radius 1 is 1.30 bits per heavy atom. The van der Waals surface area contributed by atoms with E-state index in [1.54, 1.807) is 26.0 Å². The van der Waals surface area contributed by atoms with Crippen LogP contribution in [0.4, 0.5) is 0 Å². The number of imide groups is 1. The summed E-state index contributed by atoms with van der Waals surface area (Å²) in [5.41, 5.74) is 0.420. The lowest BCUT2D eigenvalue weighted by Crippen LogP contribution is -2.65. The summed E-state index contributed by atoms with van der Waals surface area (Å²) in [7, 11) is 0. The zero-order valence-electron chi connectivity index (χ0n) is 11.9. The third-order valence-corrected chi connectivity index (χ3v) is 3.66. The molecule has 0 saturated carbocycles. The van der Waals surface area contributed by atoms with Crippen LogP contribution in [0.1, 0.15) is 36.7 Å². The van der Waals surface area contributed by atoms with Gasteiger partial charge in [-0.2, -0.15) is 0 Å². The van der Waals surface area contributed by atoms with Crippen LogP contribution in [0.25, 0.3) is 0 Å². The molecule has 1 aromatic carbocycles. The smallest absolute Gasteiger partial charge is 0.255 e. The van der Waals surface area contributed by atoms with Crippen molar-refractivity contribution < 1.29 is 14.4 Å². The topological polar surface area (TPSA) is 66.5 Å². The van der Waals surface area contributed by atoms with E-state index in [1.165, 1.54) is 4.90 Å². The number of carbonyl (C=O) groups excluding carboxylic acids is 3. The van der Waals surface area contributed by atoms with Gasteiger partial charge in [0.15, 0.2) is 0 Å². The van der Waals surface area contributed by atoms with Gasteiger partial charge in [-0.1, -0.05) is 25.1 Å². The van der Waals surface area contributed by atoms with Crippen LogP contribution >= 0.6 is 0 Å². The van der Waals surface area contributed by atoms with Crippen molar-refractivity contribution in [2.24, 2.45) is 0 Å². The molecule has 1 aromatic rings. The van der Waals surface area contributed by atoms with E-state index >= 15 is 0 Å². The monoisotopic (exact) mass is 274 g/mol. The van der Waals surface area contributed by atoms with Crippen molar-refractivity contribution in [2.75, 3.05) is 6.54 Å². The summed E-state index contributed by atoms with van der Waals surface area (Å²) >= 11 is 0. The van der Waals surface area contributed by atoms with Crippen LogP contribution in [0, 0.1) is 0 Å². The molecule has 0 spiro atoms. The van der Waals surface area contributed by atoms with Gasteiger partial charge in [-0.3, -0.25) is 19.7 Å². The highest BCUT2D eigenvalue weighted by Crippen LogP contribution is 2.22. The second-order valence-corrected chi connectivity index (χ2v) is 5.34. The van der Waals surface area contributed by atoms with Gasteiger partial charge in [-0.15, -0.1) is 0 Å². The van der Waals surface area contributed by atoms with Gasteiger partial charge in [-0.25, -0.2) is 0 Å². The Labute approximate surface area is 118 Å². The van der Waals surface area contributed by atoms with Gasteiger partial charge in [0, 0.05) is 5.56 Å². The molecule has 2 rings (SSSR count). The number of piperazine rings is 1. The first-order chi connectivity index (χ1) is 9.37. The molecule has 20 heavy (non-hydrogen) atoms. The van der Waals surface area contributed by atoms with Crippen molar-refractivity contribution in [1.82, 2.24) is 10.2 Å².